The summed E-state index contributed by atoms with van der Waals surface area (Å²) in [4.78, 5) is 14.4. The highest BCUT2D eigenvalue weighted by molar-refractivity contribution is 7.88. The third-order valence-electron chi connectivity index (χ3n) is 4.22. The van der Waals surface area contributed by atoms with Gasteiger partial charge in [-0.1, -0.05) is 30.3 Å². The van der Waals surface area contributed by atoms with Gasteiger partial charge in [-0.2, -0.15) is 8.42 Å². The van der Waals surface area contributed by atoms with Crippen LogP contribution in [0.2, 0.25) is 0 Å². The normalized spacial score (nSPS) is 15.6. The van der Waals surface area contributed by atoms with Crippen molar-refractivity contribution >= 4 is 27.5 Å². The van der Waals surface area contributed by atoms with E-state index in [9.17, 15) is 13.2 Å². The van der Waals surface area contributed by atoms with E-state index in [1.165, 1.54) is 25.1 Å². The zero-order valence-corrected chi connectivity index (χ0v) is 16.0. The van der Waals surface area contributed by atoms with Gasteiger partial charge in [-0.3, -0.25) is 4.79 Å². The van der Waals surface area contributed by atoms with Crippen molar-refractivity contribution < 1.29 is 17.9 Å². The summed E-state index contributed by atoms with van der Waals surface area (Å²) in [6.45, 7) is 0. The second-order valence-electron chi connectivity index (χ2n) is 5.85. The number of carbonyl (C=O) groups is 1. The number of anilines is 1. The van der Waals surface area contributed by atoms with Crippen LogP contribution in [0.4, 0.5) is 5.69 Å². The fraction of sp³-hybridized carbons (Fsp3) is 0.158. The summed E-state index contributed by atoms with van der Waals surface area (Å²) < 4.78 is 35.1. The summed E-state index contributed by atoms with van der Waals surface area (Å²) in [6, 6.07) is 15.9. The Labute approximate surface area is 158 Å². The van der Waals surface area contributed by atoms with Crippen LogP contribution in [-0.2, 0) is 15.0 Å². The maximum Gasteiger partial charge on any atom is 0.345 e. The van der Waals surface area contributed by atoms with Gasteiger partial charge < -0.3 is 9.64 Å². The van der Waals surface area contributed by atoms with Gasteiger partial charge in [0.15, 0.2) is 0 Å². The second-order valence-corrected chi connectivity index (χ2v) is 7.48. The molecule has 7 nitrogen and oxygen atoms in total. The molecule has 27 heavy (non-hydrogen) atoms. The van der Waals surface area contributed by atoms with E-state index in [-0.39, 0.29) is 11.4 Å². The molecule has 0 bridgehead atoms. The van der Waals surface area contributed by atoms with Gasteiger partial charge in [0.25, 0.3) is 5.91 Å². The maximum absolute atomic E-state index is 13.0. The Balaban J connectivity index is 2.07. The summed E-state index contributed by atoms with van der Waals surface area (Å²) in [5.41, 5.74) is 1.28. The maximum atomic E-state index is 13.0. The van der Waals surface area contributed by atoms with Crippen molar-refractivity contribution in [1.82, 2.24) is 4.31 Å². The van der Waals surface area contributed by atoms with E-state index in [1.807, 2.05) is 6.07 Å². The molecule has 0 fully saturated rings. The molecule has 8 heteroatoms. The molecule has 1 amide bonds. The number of likely N-dealkylation sites (N-methyl/N-ethyl adjacent to an activating group) is 2. The van der Waals surface area contributed by atoms with Gasteiger partial charge in [0.1, 0.15) is 11.4 Å². The largest absolute Gasteiger partial charge is 0.496 e. The third-order valence-corrected chi connectivity index (χ3v) is 5.54. The quantitative estimate of drug-likeness (QED) is 0.808. The molecule has 0 saturated heterocycles. The number of hydrogen-bond donors (Lipinski definition) is 0. The summed E-state index contributed by atoms with van der Waals surface area (Å²) in [5, 5.41) is 0. The molecule has 1 heterocycles. The topological polar surface area (TPSA) is 79.3 Å². The van der Waals surface area contributed by atoms with Gasteiger partial charge in [0.05, 0.1) is 12.8 Å². The highest BCUT2D eigenvalue weighted by atomic mass is 32.2. The molecule has 140 valence electrons. The molecular weight excluding hydrogens is 366 g/mol. The first-order chi connectivity index (χ1) is 12.8. The zero-order valence-electron chi connectivity index (χ0n) is 15.2. The average Bonchev–Trinajstić information content (AvgIpc) is 2.69. The number of carbonyl (C=O) groups excluding carboxylic acids is 1. The van der Waals surface area contributed by atoms with Gasteiger partial charge in [0, 0.05) is 25.3 Å². The van der Waals surface area contributed by atoms with Crippen molar-refractivity contribution in [3.63, 3.8) is 0 Å². The molecule has 0 saturated carbocycles. The predicted molar refractivity (Wildman–Crippen MR) is 104 cm³/mol. The van der Waals surface area contributed by atoms with Crippen LogP contribution in [0.1, 0.15) is 5.56 Å². The lowest BCUT2D eigenvalue weighted by Crippen LogP contribution is -2.39. The van der Waals surface area contributed by atoms with Crippen molar-refractivity contribution in [2.45, 2.75) is 0 Å². The first-order valence-electron chi connectivity index (χ1n) is 8.12. The summed E-state index contributed by atoms with van der Waals surface area (Å²) in [7, 11) is 0.341. The number of nitrogens with zero attached hydrogens (tertiary/aromatic N) is 3. The molecule has 0 aromatic heterocycles. The number of para-hydroxylation sites is 2. The lowest BCUT2D eigenvalue weighted by atomic mass is 10.1. The Kier molecular flexibility index (Phi) is 5.00. The Morgan fingerprint density at radius 2 is 1.70 bits per heavy atom. The molecule has 0 spiro atoms. The molecular formula is C19H19N3O4S. The van der Waals surface area contributed by atoms with Crippen LogP contribution in [0.15, 0.2) is 70.8 Å². The predicted octanol–water partition coefficient (Wildman–Crippen LogP) is 2.22. The van der Waals surface area contributed by atoms with Crippen LogP contribution in [0.3, 0.4) is 0 Å². The number of benzene rings is 2. The summed E-state index contributed by atoms with van der Waals surface area (Å²) >= 11 is 0. The molecule has 0 aliphatic carbocycles. The monoisotopic (exact) mass is 385 g/mol. The molecule has 0 atom stereocenters. The molecule has 0 N–H and O–H groups in total. The fourth-order valence-electron chi connectivity index (χ4n) is 2.68. The highest BCUT2D eigenvalue weighted by Crippen LogP contribution is 2.26. The second kappa shape index (κ2) is 7.24. The van der Waals surface area contributed by atoms with Crippen molar-refractivity contribution in [2.75, 3.05) is 26.1 Å². The van der Waals surface area contributed by atoms with Crippen molar-refractivity contribution in [2.24, 2.45) is 4.40 Å². The Morgan fingerprint density at radius 3 is 2.37 bits per heavy atom. The van der Waals surface area contributed by atoms with E-state index >= 15 is 0 Å². The van der Waals surface area contributed by atoms with E-state index in [2.05, 4.69) is 4.40 Å². The van der Waals surface area contributed by atoms with E-state index in [0.717, 1.165) is 4.31 Å². The minimum Gasteiger partial charge on any atom is -0.496 e. The van der Waals surface area contributed by atoms with Crippen LogP contribution in [0, 0.1) is 0 Å². The van der Waals surface area contributed by atoms with E-state index < -0.39 is 16.1 Å². The number of ether oxygens (including phenoxy) is 1. The van der Waals surface area contributed by atoms with E-state index in [1.54, 1.807) is 55.6 Å². The SMILES string of the molecule is COc1ccccc1C1=NS(=O)(=O)N(C)C(C(=O)N(C)c2ccccc2)=C1. The number of amides is 1. The van der Waals surface area contributed by atoms with Crippen molar-refractivity contribution in [1.29, 1.82) is 0 Å². The smallest absolute Gasteiger partial charge is 0.345 e. The lowest BCUT2D eigenvalue weighted by molar-refractivity contribution is -0.115. The van der Waals surface area contributed by atoms with Gasteiger partial charge >= 0.3 is 10.2 Å². The first-order valence-corrected chi connectivity index (χ1v) is 9.52. The lowest BCUT2D eigenvalue weighted by Gasteiger charge is -2.27. The number of rotatable bonds is 4. The average molecular weight is 385 g/mol. The first kappa shape index (κ1) is 18.7. The highest BCUT2D eigenvalue weighted by Gasteiger charge is 2.32. The van der Waals surface area contributed by atoms with Crippen LogP contribution in [0.5, 0.6) is 5.75 Å². The van der Waals surface area contributed by atoms with Crippen LogP contribution < -0.4 is 9.64 Å². The van der Waals surface area contributed by atoms with E-state index in [0.29, 0.717) is 17.0 Å². The molecule has 3 rings (SSSR count). The summed E-state index contributed by atoms with van der Waals surface area (Å²) in [6.07, 6.45) is 1.46. The van der Waals surface area contributed by atoms with Gasteiger partial charge in [-0.05, 0) is 30.3 Å². The molecule has 2 aromatic carbocycles. The Bertz CT molecular complexity index is 1030. The zero-order chi connectivity index (χ0) is 19.6. The number of methoxy groups -OCH3 is 1. The Morgan fingerprint density at radius 1 is 1.07 bits per heavy atom. The minimum absolute atomic E-state index is 0.00254. The molecule has 1 aliphatic rings. The number of allylic oxidation sites excluding steroid dienone is 1. The third kappa shape index (κ3) is 3.56. The molecule has 0 unspecified atom stereocenters. The Hall–Kier alpha value is -3.13. The van der Waals surface area contributed by atoms with Crippen molar-refractivity contribution in [3.8, 4) is 5.75 Å². The van der Waals surface area contributed by atoms with Gasteiger partial charge in [-0.25, -0.2) is 4.31 Å². The van der Waals surface area contributed by atoms with Crippen LogP contribution in [0.25, 0.3) is 0 Å². The van der Waals surface area contributed by atoms with E-state index in [4.69, 9.17) is 4.74 Å². The minimum atomic E-state index is -4.04. The van der Waals surface area contributed by atoms with Crippen molar-refractivity contribution in [3.05, 3.63) is 71.9 Å². The van der Waals surface area contributed by atoms with Gasteiger partial charge in [0.2, 0.25) is 0 Å². The number of hydrogen-bond acceptors (Lipinski definition) is 4. The molecule has 0 radical (unpaired) electrons. The summed E-state index contributed by atoms with van der Waals surface area (Å²) in [5.74, 6) is 0.00467. The van der Waals surface area contributed by atoms with Gasteiger partial charge in [-0.15, -0.1) is 4.40 Å². The fourth-order valence-corrected chi connectivity index (χ4v) is 3.58. The molecule has 2 aromatic rings. The molecule has 1 aliphatic heterocycles. The standard InChI is InChI=1S/C19H19N3O4S/c1-21(14-9-5-4-6-10-14)19(23)17-13-16(20-27(24,25)22(17)2)15-11-7-8-12-18(15)26-3/h4-13H,1-3H3. The van der Waals surface area contributed by atoms with Crippen LogP contribution >= 0.6 is 0 Å². The van der Waals surface area contributed by atoms with Crippen LogP contribution in [-0.4, -0.2) is 45.5 Å².